The molecule has 4 rings (SSSR count). The summed E-state index contributed by atoms with van der Waals surface area (Å²) in [5.41, 5.74) is 0. The zero-order valence-electron chi connectivity index (χ0n) is 13.2. The fourth-order valence-electron chi connectivity index (χ4n) is 2.73. The third-order valence-corrected chi connectivity index (χ3v) is 6.44. The highest BCUT2D eigenvalue weighted by molar-refractivity contribution is 7.71. The van der Waals surface area contributed by atoms with E-state index in [0.29, 0.717) is 12.7 Å². The standard InChI is InChI=1S/C16H17ClN4S3/c1-19(9-12-6-7-14(17)24-12)10-20-16(22)21(11-4-5-11)15(18-20)13-3-2-8-23-13/h2-3,6-8,11H,4-5,9-10H2,1H3. The molecule has 3 aromatic rings. The van der Waals surface area contributed by atoms with Crippen LogP contribution in [0.2, 0.25) is 4.34 Å². The van der Waals surface area contributed by atoms with E-state index < -0.39 is 0 Å². The topological polar surface area (TPSA) is 26.0 Å². The van der Waals surface area contributed by atoms with Crippen LogP contribution in [0.5, 0.6) is 0 Å². The van der Waals surface area contributed by atoms with Crippen molar-refractivity contribution >= 4 is 46.5 Å². The van der Waals surface area contributed by atoms with Gasteiger partial charge in [0.1, 0.15) is 0 Å². The van der Waals surface area contributed by atoms with Gasteiger partial charge in [-0.25, -0.2) is 4.68 Å². The van der Waals surface area contributed by atoms with Crippen LogP contribution in [-0.4, -0.2) is 26.3 Å². The van der Waals surface area contributed by atoms with Gasteiger partial charge < -0.3 is 0 Å². The summed E-state index contributed by atoms with van der Waals surface area (Å²) >= 11 is 15.1. The Bertz CT molecular complexity index is 889. The second-order valence-corrected chi connectivity index (χ2v) is 9.16. The minimum atomic E-state index is 0.518. The van der Waals surface area contributed by atoms with Crippen LogP contribution in [-0.2, 0) is 13.2 Å². The third kappa shape index (κ3) is 3.36. The molecule has 126 valence electrons. The molecule has 3 heterocycles. The van der Waals surface area contributed by atoms with Crippen LogP contribution in [0.15, 0.2) is 29.6 Å². The van der Waals surface area contributed by atoms with Crippen molar-refractivity contribution in [3.63, 3.8) is 0 Å². The maximum absolute atomic E-state index is 6.02. The number of nitrogens with zero attached hydrogens (tertiary/aromatic N) is 4. The van der Waals surface area contributed by atoms with Crippen molar-refractivity contribution in [2.24, 2.45) is 0 Å². The lowest BCUT2D eigenvalue weighted by Gasteiger charge is -2.15. The number of hydrogen-bond acceptors (Lipinski definition) is 5. The molecule has 0 amide bonds. The Morgan fingerprint density at radius 2 is 2.21 bits per heavy atom. The predicted molar refractivity (Wildman–Crippen MR) is 103 cm³/mol. The quantitative estimate of drug-likeness (QED) is 0.530. The zero-order valence-corrected chi connectivity index (χ0v) is 16.4. The van der Waals surface area contributed by atoms with E-state index in [1.807, 2.05) is 10.7 Å². The average Bonchev–Trinajstić information content (AvgIpc) is 2.95. The molecule has 0 aliphatic heterocycles. The molecular weight excluding hydrogens is 380 g/mol. The molecule has 0 saturated heterocycles. The molecule has 4 nitrogen and oxygen atoms in total. The molecular formula is C16H17ClN4S3. The second-order valence-electron chi connectivity index (χ2n) is 6.05. The van der Waals surface area contributed by atoms with Gasteiger partial charge in [0.05, 0.1) is 15.9 Å². The minimum Gasteiger partial charge on any atom is -0.296 e. The van der Waals surface area contributed by atoms with Crippen LogP contribution in [0.1, 0.15) is 23.8 Å². The normalized spacial score (nSPS) is 14.6. The Labute approximate surface area is 158 Å². The predicted octanol–water partition coefficient (Wildman–Crippen LogP) is 5.28. The van der Waals surface area contributed by atoms with Crippen molar-refractivity contribution in [2.75, 3.05) is 7.05 Å². The summed E-state index contributed by atoms with van der Waals surface area (Å²) in [4.78, 5) is 4.63. The molecule has 1 aliphatic carbocycles. The van der Waals surface area contributed by atoms with E-state index in [0.717, 1.165) is 21.5 Å². The van der Waals surface area contributed by atoms with Crippen molar-refractivity contribution in [2.45, 2.75) is 32.1 Å². The van der Waals surface area contributed by atoms with Gasteiger partial charge in [0.2, 0.25) is 0 Å². The van der Waals surface area contributed by atoms with E-state index in [4.69, 9.17) is 28.9 Å². The molecule has 3 aromatic heterocycles. The first-order valence-electron chi connectivity index (χ1n) is 7.78. The summed E-state index contributed by atoms with van der Waals surface area (Å²) in [7, 11) is 2.08. The van der Waals surface area contributed by atoms with Gasteiger partial charge in [0.15, 0.2) is 10.6 Å². The largest absolute Gasteiger partial charge is 0.296 e. The SMILES string of the molecule is CN(Cc1ccc(Cl)s1)Cn1nc(-c2cccs2)n(C2CC2)c1=S. The van der Waals surface area contributed by atoms with Gasteiger partial charge in [-0.2, -0.15) is 0 Å². The van der Waals surface area contributed by atoms with E-state index in [1.165, 1.54) is 22.6 Å². The van der Waals surface area contributed by atoms with Crippen LogP contribution in [0.3, 0.4) is 0 Å². The van der Waals surface area contributed by atoms with E-state index in [2.05, 4.69) is 40.1 Å². The number of aromatic nitrogens is 3. The molecule has 1 fully saturated rings. The maximum atomic E-state index is 6.02. The molecule has 8 heteroatoms. The van der Waals surface area contributed by atoms with E-state index >= 15 is 0 Å². The van der Waals surface area contributed by atoms with E-state index in [-0.39, 0.29) is 0 Å². The number of thiophene rings is 2. The first-order valence-corrected chi connectivity index (χ1v) is 10.3. The molecule has 0 bridgehead atoms. The summed E-state index contributed by atoms with van der Waals surface area (Å²) in [6.07, 6.45) is 2.39. The Morgan fingerprint density at radius 1 is 1.38 bits per heavy atom. The summed E-state index contributed by atoms with van der Waals surface area (Å²) in [5.74, 6) is 1.00. The Balaban J connectivity index is 1.59. The molecule has 0 radical (unpaired) electrons. The van der Waals surface area contributed by atoms with Crippen LogP contribution in [0.4, 0.5) is 0 Å². The minimum absolute atomic E-state index is 0.518. The second kappa shape index (κ2) is 6.72. The van der Waals surface area contributed by atoms with E-state index in [9.17, 15) is 0 Å². The molecule has 0 unspecified atom stereocenters. The first-order chi connectivity index (χ1) is 11.6. The van der Waals surface area contributed by atoms with Crippen LogP contribution < -0.4 is 0 Å². The van der Waals surface area contributed by atoms with Crippen molar-refractivity contribution in [3.05, 3.63) is 43.6 Å². The van der Waals surface area contributed by atoms with Crippen molar-refractivity contribution in [3.8, 4) is 10.7 Å². The molecule has 0 N–H and O–H groups in total. The number of rotatable bonds is 6. The fraction of sp³-hybridized carbons (Fsp3) is 0.375. The molecule has 1 saturated carbocycles. The molecule has 0 aromatic carbocycles. The van der Waals surface area contributed by atoms with Gasteiger partial charge in [-0.3, -0.25) is 9.47 Å². The van der Waals surface area contributed by atoms with Gasteiger partial charge in [-0.05, 0) is 55.7 Å². The summed E-state index contributed by atoms with van der Waals surface area (Å²) in [6.45, 7) is 1.51. The summed E-state index contributed by atoms with van der Waals surface area (Å²) in [5, 5.41) is 6.91. The van der Waals surface area contributed by atoms with Gasteiger partial charge in [-0.15, -0.1) is 27.8 Å². The summed E-state index contributed by atoms with van der Waals surface area (Å²) < 4.78 is 5.82. The van der Waals surface area contributed by atoms with Crippen LogP contribution in [0.25, 0.3) is 10.7 Å². The van der Waals surface area contributed by atoms with Crippen molar-refractivity contribution < 1.29 is 0 Å². The van der Waals surface area contributed by atoms with Gasteiger partial charge in [-0.1, -0.05) is 17.7 Å². The maximum Gasteiger partial charge on any atom is 0.199 e. The van der Waals surface area contributed by atoms with Crippen LogP contribution in [0, 0.1) is 4.77 Å². The van der Waals surface area contributed by atoms with Crippen LogP contribution >= 0.6 is 46.5 Å². The van der Waals surface area contributed by atoms with Gasteiger partial charge >= 0.3 is 0 Å². The summed E-state index contributed by atoms with van der Waals surface area (Å²) in [6, 6.07) is 8.71. The lowest BCUT2D eigenvalue weighted by molar-refractivity contribution is 0.246. The lowest BCUT2D eigenvalue weighted by atomic mass is 10.4. The fourth-order valence-corrected chi connectivity index (χ4v) is 4.94. The molecule has 0 atom stereocenters. The van der Waals surface area contributed by atoms with Gasteiger partial charge in [0.25, 0.3) is 0 Å². The number of hydrogen-bond donors (Lipinski definition) is 0. The molecule has 0 spiro atoms. The first kappa shape index (κ1) is 16.5. The monoisotopic (exact) mass is 396 g/mol. The van der Waals surface area contributed by atoms with Crippen molar-refractivity contribution in [1.29, 1.82) is 0 Å². The van der Waals surface area contributed by atoms with Crippen molar-refractivity contribution in [1.82, 2.24) is 19.2 Å². The van der Waals surface area contributed by atoms with Gasteiger partial charge in [0, 0.05) is 17.5 Å². The smallest absolute Gasteiger partial charge is 0.199 e. The highest BCUT2D eigenvalue weighted by Crippen LogP contribution is 2.39. The lowest BCUT2D eigenvalue weighted by Crippen LogP contribution is -2.22. The third-order valence-electron chi connectivity index (χ3n) is 3.95. The highest BCUT2D eigenvalue weighted by Gasteiger charge is 2.29. The Kier molecular flexibility index (Phi) is 4.62. The Morgan fingerprint density at radius 3 is 2.83 bits per heavy atom. The zero-order chi connectivity index (χ0) is 16.7. The number of halogens is 1. The Hall–Kier alpha value is -0.990. The molecule has 24 heavy (non-hydrogen) atoms. The highest BCUT2D eigenvalue weighted by atomic mass is 35.5. The van der Waals surface area contributed by atoms with E-state index in [1.54, 1.807) is 22.7 Å². The average molecular weight is 397 g/mol. The molecule has 1 aliphatic rings.